The molecule has 3 heterocycles. The molecule has 0 radical (unpaired) electrons. The van der Waals surface area contributed by atoms with Crippen molar-refractivity contribution < 1.29 is 13.9 Å². The second-order valence-electron chi connectivity index (χ2n) is 7.16. The minimum absolute atomic E-state index is 0.281. The summed E-state index contributed by atoms with van der Waals surface area (Å²) in [5, 5.41) is 2.72. The van der Waals surface area contributed by atoms with Gasteiger partial charge in [0.1, 0.15) is 11.9 Å². The predicted molar refractivity (Wildman–Crippen MR) is 110 cm³/mol. The molecule has 1 saturated heterocycles. The molecule has 0 saturated carbocycles. The van der Waals surface area contributed by atoms with Crippen LogP contribution < -0.4 is 0 Å². The number of carbonyl (C=O) groups excluding carboxylic acids is 1. The monoisotopic (exact) mass is 414 g/mol. The van der Waals surface area contributed by atoms with Crippen LogP contribution in [0, 0.1) is 12.7 Å². The molecule has 0 aliphatic carbocycles. The van der Waals surface area contributed by atoms with Gasteiger partial charge >= 0.3 is 5.97 Å². The average molecular weight is 415 g/mol. The fourth-order valence-corrected chi connectivity index (χ4v) is 4.46. The number of aliphatic imine (C=N–C) groups is 1. The zero-order chi connectivity index (χ0) is 20.5. The van der Waals surface area contributed by atoms with Gasteiger partial charge in [0.2, 0.25) is 0 Å². The minimum atomic E-state index is -0.564. The normalized spacial score (nSPS) is 19.8. The van der Waals surface area contributed by atoms with Crippen molar-refractivity contribution in [2.45, 2.75) is 19.9 Å². The minimum Gasteiger partial charge on any atom is -0.463 e. The van der Waals surface area contributed by atoms with Gasteiger partial charge in [-0.25, -0.2) is 14.2 Å². The van der Waals surface area contributed by atoms with E-state index in [1.165, 1.54) is 23.5 Å². The van der Waals surface area contributed by atoms with Crippen molar-refractivity contribution >= 4 is 23.1 Å². The van der Waals surface area contributed by atoms with E-state index in [2.05, 4.69) is 14.8 Å². The Morgan fingerprint density at radius 3 is 2.90 bits per heavy atom. The molecule has 2 aliphatic rings. The number of hydrogen-bond acceptors (Lipinski definition) is 7. The summed E-state index contributed by atoms with van der Waals surface area (Å²) in [6, 6.07) is 4.03. The summed E-state index contributed by atoms with van der Waals surface area (Å²) in [7, 11) is 2.03. The Bertz CT molecular complexity index is 987. The van der Waals surface area contributed by atoms with Crippen molar-refractivity contribution in [2.24, 2.45) is 4.99 Å². The fourth-order valence-electron chi connectivity index (χ4n) is 3.82. The van der Waals surface area contributed by atoms with Crippen molar-refractivity contribution in [3.63, 3.8) is 0 Å². The largest absolute Gasteiger partial charge is 0.463 e. The average Bonchev–Trinajstić information content (AvgIpc) is 3.21. The smallest absolute Gasteiger partial charge is 0.338 e. The van der Waals surface area contributed by atoms with Crippen molar-refractivity contribution in [1.29, 1.82) is 0 Å². The van der Waals surface area contributed by atoms with Crippen LogP contribution in [0.25, 0.3) is 0 Å². The SMILES string of the molecule is CCOC(=O)C1=C2CN(C)CCN2C(c2nccs2)=NC1c1ccc(F)cc1C. The molecule has 1 fully saturated rings. The topological polar surface area (TPSA) is 58.0 Å². The van der Waals surface area contributed by atoms with Crippen LogP contribution in [-0.2, 0) is 9.53 Å². The zero-order valence-electron chi connectivity index (χ0n) is 16.7. The summed E-state index contributed by atoms with van der Waals surface area (Å²) in [5.41, 5.74) is 2.95. The van der Waals surface area contributed by atoms with E-state index >= 15 is 0 Å². The highest BCUT2D eigenvalue weighted by Gasteiger charge is 2.39. The molecule has 4 rings (SSSR count). The second-order valence-corrected chi connectivity index (χ2v) is 8.06. The second kappa shape index (κ2) is 8.04. The molecule has 2 aromatic rings. The summed E-state index contributed by atoms with van der Waals surface area (Å²) in [6.07, 6.45) is 1.75. The number of fused-ring (bicyclic) bond motifs is 1. The van der Waals surface area contributed by atoms with Gasteiger partial charge in [0, 0.05) is 36.9 Å². The van der Waals surface area contributed by atoms with Gasteiger partial charge in [0.15, 0.2) is 10.8 Å². The van der Waals surface area contributed by atoms with Crippen molar-refractivity contribution in [3.05, 3.63) is 63.0 Å². The number of carbonyl (C=O) groups is 1. The van der Waals surface area contributed by atoms with E-state index in [1.54, 1.807) is 19.2 Å². The molecule has 2 aliphatic heterocycles. The molecule has 6 nitrogen and oxygen atoms in total. The number of thiazole rings is 1. The Hall–Kier alpha value is -2.58. The van der Waals surface area contributed by atoms with Gasteiger partial charge in [-0.2, -0.15) is 0 Å². The van der Waals surface area contributed by atoms with Crippen LogP contribution >= 0.6 is 11.3 Å². The van der Waals surface area contributed by atoms with E-state index in [9.17, 15) is 9.18 Å². The maximum absolute atomic E-state index is 13.7. The van der Waals surface area contributed by atoms with Crippen LogP contribution in [0.15, 0.2) is 46.0 Å². The number of hydrogen-bond donors (Lipinski definition) is 0. The first-order chi connectivity index (χ1) is 14.0. The molecule has 0 spiro atoms. The van der Waals surface area contributed by atoms with Crippen LogP contribution in [0.3, 0.4) is 0 Å². The number of aryl methyl sites for hydroxylation is 1. The van der Waals surface area contributed by atoms with Crippen LogP contribution in [-0.4, -0.2) is 59.9 Å². The first-order valence-corrected chi connectivity index (χ1v) is 10.5. The molecule has 1 aromatic heterocycles. The number of benzene rings is 1. The van der Waals surface area contributed by atoms with Gasteiger partial charge in [-0.1, -0.05) is 6.07 Å². The van der Waals surface area contributed by atoms with Gasteiger partial charge in [0.25, 0.3) is 0 Å². The maximum Gasteiger partial charge on any atom is 0.338 e. The Kier molecular flexibility index (Phi) is 5.47. The number of amidine groups is 1. The first kappa shape index (κ1) is 19.7. The Morgan fingerprint density at radius 1 is 1.38 bits per heavy atom. The van der Waals surface area contributed by atoms with Crippen molar-refractivity contribution in [2.75, 3.05) is 33.3 Å². The standard InChI is InChI=1S/C21H23FN4O2S/c1-4-28-21(27)17-16-12-25(3)8-9-26(16)19(20-23-7-10-29-20)24-18(17)15-6-5-14(22)11-13(15)2/h5-7,10-11,18H,4,8-9,12H2,1-3H3. The maximum atomic E-state index is 13.7. The van der Waals surface area contributed by atoms with E-state index in [1.807, 2.05) is 19.4 Å². The number of halogens is 1. The molecular weight excluding hydrogens is 391 g/mol. The van der Waals surface area contributed by atoms with E-state index in [4.69, 9.17) is 9.73 Å². The van der Waals surface area contributed by atoms with Crippen LogP contribution in [0.2, 0.25) is 0 Å². The lowest BCUT2D eigenvalue weighted by atomic mass is 9.91. The molecule has 0 N–H and O–H groups in total. The van der Waals surface area contributed by atoms with Crippen LogP contribution in [0.5, 0.6) is 0 Å². The van der Waals surface area contributed by atoms with Gasteiger partial charge in [-0.3, -0.25) is 9.89 Å². The number of nitrogens with zero attached hydrogens (tertiary/aromatic N) is 4. The third-order valence-electron chi connectivity index (χ3n) is 5.19. The van der Waals surface area contributed by atoms with Crippen LogP contribution in [0.1, 0.15) is 29.1 Å². The molecular formula is C21H23FN4O2S. The predicted octanol–water partition coefficient (Wildman–Crippen LogP) is 3.16. The van der Waals surface area contributed by atoms with Gasteiger partial charge in [-0.05, 0) is 44.2 Å². The van der Waals surface area contributed by atoms with Crippen molar-refractivity contribution in [1.82, 2.24) is 14.8 Å². The van der Waals surface area contributed by atoms with E-state index in [-0.39, 0.29) is 18.4 Å². The third-order valence-corrected chi connectivity index (χ3v) is 5.96. The highest BCUT2D eigenvalue weighted by Crippen LogP contribution is 2.38. The fraction of sp³-hybridized carbons (Fsp3) is 0.381. The third kappa shape index (κ3) is 3.70. The number of rotatable bonds is 4. The molecule has 0 amide bonds. The number of aromatic nitrogens is 1. The molecule has 1 atom stereocenters. The Morgan fingerprint density at radius 2 is 2.21 bits per heavy atom. The molecule has 152 valence electrons. The molecule has 29 heavy (non-hydrogen) atoms. The Labute approximate surface area is 173 Å². The lowest BCUT2D eigenvalue weighted by Gasteiger charge is -2.41. The number of esters is 1. The first-order valence-electron chi connectivity index (χ1n) is 9.59. The highest BCUT2D eigenvalue weighted by molar-refractivity contribution is 7.11. The summed E-state index contributed by atoms with van der Waals surface area (Å²) >= 11 is 1.51. The van der Waals surface area contributed by atoms with E-state index in [0.717, 1.165) is 34.2 Å². The van der Waals surface area contributed by atoms with Crippen LogP contribution in [0.4, 0.5) is 4.39 Å². The lowest BCUT2D eigenvalue weighted by molar-refractivity contribution is -0.139. The van der Waals surface area contributed by atoms with Gasteiger partial charge < -0.3 is 9.64 Å². The summed E-state index contributed by atoms with van der Waals surface area (Å²) in [6.45, 7) is 6.08. The summed E-state index contributed by atoms with van der Waals surface area (Å²) in [5.74, 6) is 0.0684. The quantitative estimate of drug-likeness (QED) is 0.720. The van der Waals surface area contributed by atoms with E-state index in [0.29, 0.717) is 18.7 Å². The summed E-state index contributed by atoms with van der Waals surface area (Å²) < 4.78 is 19.2. The molecule has 8 heteroatoms. The number of ether oxygens (including phenoxy) is 1. The Balaban J connectivity index is 1.92. The zero-order valence-corrected chi connectivity index (χ0v) is 17.5. The lowest BCUT2D eigenvalue weighted by Crippen LogP contribution is -2.49. The summed E-state index contributed by atoms with van der Waals surface area (Å²) in [4.78, 5) is 26.7. The molecule has 1 unspecified atom stereocenters. The van der Waals surface area contributed by atoms with Gasteiger partial charge in [0.05, 0.1) is 12.2 Å². The number of piperazine rings is 1. The number of likely N-dealkylation sites (N-methyl/N-ethyl adjacent to an activating group) is 1. The van der Waals surface area contributed by atoms with Gasteiger partial charge in [-0.15, -0.1) is 11.3 Å². The molecule has 1 aromatic carbocycles. The van der Waals surface area contributed by atoms with E-state index < -0.39 is 6.04 Å². The molecule has 0 bridgehead atoms. The van der Waals surface area contributed by atoms with Crippen molar-refractivity contribution in [3.8, 4) is 0 Å². The highest BCUT2D eigenvalue weighted by atomic mass is 32.1.